The van der Waals surface area contributed by atoms with E-state index in [0.717, 1.165) is 16.3 Å². The Labute approximate surface area is 150 Å². The summed E-state index contributed by atoms with van der Waals surface area (Å²) in [6.07, 6.45) is 0. The molecule has 3 aromatic rings. The van der Waals surface area contributed by atoms with Crippen LogP contribution in [0.1, 0.15) is 11.3 Å². The average Bonchev–Trinajstić information content (AvgIpc) is 3.15. The van der Waals surface area contributed by atoms with Crippen molar-refractivity contribution < 1.29 is 14.2 Å². The molecule has 5 nitrogen and oxygen atoms in total. The van der Waals surface area contributed by atoms with E-state index >= 15 is 0 Å². The van der Waals surface area contributed by atoms with Gasteiger partial charge in [0, 0.05) is 10.9 Å². The molecule has 6 heteroatoms. The Morgan fingerprint density at radius 3 is 2.60 bits per heavy atom. The lowest BCUT2D eigenvalue weighted by Crippen LogP contribution is -1.97. The Hall–Kier alpha value is -3.04. The van der Waals surface area contributed by atoms with E-state index in [2.05, 4.69) is 11.1 Å². The third-order valence-electron chi connectivity index (χ3n) is 3.57. The largest absolute Gasteiger partial charge is 0.493 e. The van der Waals surface area contributed by atoms with Gasteiger partial charge in [-0.2, -0.15) is 5.26 Å². The van der Waals surface area contributed by atoms with E-state index in [1.807, 2.05) is 35.7 Å². The van der Waals surface area contributed by atoms with Crippen molar-refractivity contribution in [3.63, 3.8) is 0 Å². The highest BCUT2D eigenvalue weighted by Crippen LogP contribution is 2.33. The minimum Gasteiger partial charge on any atom is -0.493 e. The van der Waals surface area contributed by atoms with E-state index < -0.39 is 0 Å². The van der Waals surface area contributed by atoms with Crippen molar-refractivity contribution >= 4 is 11.3 Å². The van der Waals surface area contributed by atoms with Gasteiger partial charge in [-0.3, -0.25) is 0 Å². The van der Waals surface area contributed by atoms with Crippen LogP contribution in [0.3, 0.4) is 0 Å². The van der Waals surface area contributed by atoms with Crippen LogP contribution < -0.4 is 14.2 Å². The normalized spacial score (nSPS) is 10.1. The minimum atomic E-state index is 0.308. The molecule has 2 aromatic carbocycles. The zero-order valence-corrected chi connectivity index (χ0v) is 14.7. The Bertz CT molecular complexity index is 915. The van der Waals surface area contributed by atoms with E-state index in [9.17, 15) is 0 Å². The molecule has 0 fully saturated rings. The maximum atomic E-state index is 9.09. The van der Waals surface area contributed by atoms with Gasteiger partial charge < -0.3 is 14.2 Å². The Morgan fingerprint density at radius 1 is 1.04 bits per heavy atom. The van der Waals surface area contributed by atoms with Gasteiger partial charge in [0.05, 0.1) is 25.5 Å². The van der Waals surface area contributed by atoms with Crippen molar-refractivity contribution in [2.24, 2.45) is 0 Å². The number of hydrogen-bond donors (Lipinski definition) is 0. The highest BCUT2D eigenvalue weighted by atomic mass is 32.1. The molecule has 0 aliphatic heterocycles. The number of thiazole rings is 1. The van der Waals surface area contributed by atoms with Crippen molar-refractivity contribution in [1.29, 1.82) is 5.26 Å². The number of methoxy groups -OCH3 is 2. The molecule has 126 valence electrons. The first-order valence-electron chi connectivity index (χ1n) is 7.54. The first-order valence-corrected chi connectivity index (χ1v) is 8.42. The van der Waals surface area contributed by atoms with Crippen LogP contribution in [0.5, 0.6) is 17.2 Å². The number of para-hydroxylation sites is 1. The maximum Gasteiger partial charge on any atom is 0.161 e. The molecule has 0 amide bonds. The van der Waals surface area contributed by atoms with Crippen LogP contribution in [0.2, 0.25) is 0 Å². The summed E-state index contributed by atoms with van der Waals surface area (Å²) in [7, 11) is 3.21. The number of hydrogen-bond acceptors (Lipinski definition) is 6. The smallest absolute Gasteiger partial charge is 0.161 e. The summed E-state index contributed by atoms with van der Waals surface area (Å²) in [4.78, 5) is 4.60. The molecule has 1 heterocycles. The predicted octanol–water partition coefficient (Wildman–Crippen LogP) is 4.28. The van der Waals surface area contributed by atoms with Gasteiger partial charge in [-0.25, -0.2) is 4.98 Å². The molecule has 3 rings (SSSR count). The van der Waals surface area contributed by atoms with Crippen molar-refractivity contribution in [3.8, 4) is 33.9 Å². The molecule has 0 spiro atoms. The summed E-state index contributed by atoms with van der Waals surface area (Å²) in [5, 5.41) is 11.9. The highest BCUT2D eigenvalue weighted by Gasteiger charge is 2.10. The maximum absolute atomic E-state index is 9.09. The van der Waals surface area contributed by atoms with Crippen LogP contribution in [0.15, 0.2) is 47.8 Å². The number of benzene rings is 2. The zero-order chi connectivity index (χ0) is 17.6. The summed E-state index contributed by atoms with van der Waals surface area (Å²) >= 11 is 1.53. The number of nitrogens with zero attached hydrogens (tertiary/aromatic N) is 2. The Kier molecular flexibility index (Phi) is 5.17. The van der Waals surface area contributed by atoms with E-state index in [1.165, 1.54) is 11.3 Å². The lowest BCUT2D eigenvalue weighted by atomic mass is 10.2. The standard InChI is InChI=1S/C19H16N2O3S/c1-22-17-8-7-13(9-18(17)23-2)19-21-15(12-25-19)11-24-16-6-4-3-5-14(16)10-20/h3-9,12H,11H2,1-2H3. The topological polar surface area (TPSA) is 64.4 Å². The van der Waals surface area contributed by atoms with Gasteiger partial charge in [-0.1, -0.05) is 12.1 Å². The highest BCUT2D eigenvalue weighted by molar-refractivity contribution is 7.13. The van der Waals surface area contributed by atoms with Gasteiger partial charge in [-0.15, -0.1) is 11.3 Å². The molecule has 1 aromatic heterocycles. The van der Waals surface area contributed by atoms with Gasteiger partial charge in [0.15, 0.2) is 11.5 Å². The van der Waals surface area contributed by atoms with Gasteiger partial charge >= 0.3 is 0 Å². The summed E-state index contributed by atoms with van der Waals surface area (Å²) in [6, 6.07) is 15.0. The van der Waals surface area contributed by atoms with Crippen LogP contribution in [0.25, 0.3) is 10.6 Å². The third kappa shape index (κ3) is 3.73. The third-order valence-corrected chi connectivity index (χ3v) is 4.51. The monoisotopic (exact) mass is 352 g/mol. The SMILES string of the molecule is COc1ccc(-c2nc(COc3ccccc3C#N)cs2)cc1OC. The summed E-state index contributed by atoms with van der Waals surface area (Å²) in [5.41, 5.74) is 2.27. The predicted molar refractivity (Wildman–Crippen MR) is 96.1 cm³/mol. The van der Waals surface area contributed by atoms with E-state index in [4.69, 9.17) is 19.5 Å². The number of ether oxygens (including phenoxy) is 3. The fraction of sp³-hybridized carbons (Fsp3) is 0.158. The summed E-state index contributed by atoms with van der Waals surface area (Å²) in [5.74, 6) is 1.90. The van der Waals surface area contributed by atoms with Gasteiger partial charge in [-0.05, 0) is 30.3 Å². The van der Waals surface area contributed by atoms with Crippen molar-refractivity contribution in [3.05, 3.63) is 59.1 Å². The molecule has 0 aliphatic carbocycles. The second-order valence-electron chi connectivity index (χ2n) is 5.11. The minimum absolute atomic E-state index is 0.308. The Morgan fingerprint density at radius 2 is 1.84 bits per heavy atom. The molecular formula is C19H16N2O3S. The molecule has 0 unspecified atom stereocenters. The molecule has 0 aliphatic rings. The average molecular weight is 352 g/mol. The molecule has 25 heavy (non-hydrogen) atoms. The van der Waals surface area contributed by atoms with Crippen molar-refractivity contribution in [2.45, 2.75) is 6.61 Å². The lowest BCUT2D eigenvalue weighted by Gasteiger charge is -2.08. The van der Waals surface area contributed by atoms with Crippen LogP contribution >= 0.6 is 11.3 Å². The molecule has 0 saturated carbocycles. The fourth-order valence-corrected chi connectivity index (χ4v) is 3.11. The second-order valence-corrected chi connectivity index (χ2v) is 5.97. The molecule has 0 saturated heterocycles. The number of nitriles is 1. The van der Waals surface area contributed by atoms with Crippen LogP contribution in [-0.2, 0) is 6.61 Å². The lowest BCUT2D eigenvalue weighted by molar-refractivity contribution is 0.301. The molecule has 0 N–H and O–H groups in total. The number of aromatic nitrogens is 1. The number of rotatable bonds is 6. The van der Waals surface area contributed by atoms with Gasteiger partial charge in [0.2, 0.25) is 0 Å². The van der Waals surface area contributed by atoms with E-state index in [0.29, 0.717) is 29.4 Å². The Balaban J connectivity index is 1.76. The fourth-order valence-electron chi connectivity index (χ4n) is 2.31. The first-order chi connectivity index (χ1) is 12.2. The molecule has 0 radical (unpaired) electrons. The molecule has 0 atom stereocenters. The van der Waals surface area contributed by atoms with Crippen LogP contribution in [0.4, 0.5) is 0 Å². The van der Waals surface area contributed by atoms with E-state index in [-0.39, 0.29) is 0 Å². The van der Waals surface area contributed by atoms with Crippen LogP contribution in [0, 0.1) is 11.3 Å². The van der Waals surface area contributed by atoms with Crippen LogP contribution in [-0.4, -0.2) is 19.2 Å². The van der Waals surface area contributed by atoms with Crippen molar-refractivity contribution in [1.82, 2.24) is 4.98 Å². The van der Waals surface area contributed by atoms with E-state index in [1.54, 1.807) is 26.4 Å². The second kappa shape index (κ2) is 7.69. The first kappa shape index (κ1) is 16.8. The summed E-state index contributed by atoms with van der Waals surface area (Å²) < 4.78 is 16.3. The molecular weight excluding hydrogens is 336 g/mol. The molecule has 0 bridgehead atoms. The van der Waals surface area contributed by atoms with Gasteiger partial charge in [0.1, 0.15) is 23.4 Å². The van der Waals surface area contributed by atoms with Crippen molar-refractivity contribution in [2.75, 3.05) is 14.2 Å². The zero-order valence-electron chi connectivity index (χ0n) is 13.9. The summed E-state index contributed by atoms with van der Waals surface area (Å²) in [6.45, 7) is 0.308. The quantitative estimate of drug-likeness (QED) is 0.662. The van der Waals surface area contributed by atoms with Gasteiger partial charge in [0.25, 0.3) is 0 Å².